The first-order valence-electron chi connectivity index (χ1n) is 7.36. The quantitative estimate of drug-likeness (QED) is 0.717. The van der Waals surface area contributed by atoms with Crippen molar-refractivity contribution in [2.24, 2.45) is 0 Å². The number of rotatable bonds is 8. The van der Waals surface area contributed by atoms with E-state index >= 15 is 0 Å². The lowest BCUT2D eigenvalue weighted by Crippen LogP contribution is -2.35. The Balaban J connectivity index is 2.77. The number of hydrogen-bond donors (Lipinski definition) is 2. The van der Waals surface area contributed by atoms with Gasteiger partial charge in [0.15, 0.2) is 0 Å². The molecule has 4 heteroatoms. The standard InChI is InChI=1S/C16H26N2O2/c1-4-6-8-12(7-5-2)18-16(19)14-11-13(20-3)9-10-15(14)17/h9-12H,4-8,17H2,1-3H3,(H,18,19). The van der Waals surface area contributed by atoms with E-state index in [9.17, 15) is 4.79 Å². The van der Waals surface area contributed by atoms with Gasteiger partial charge in [0.2, 0.25) is 0 Å². The van der Waals surface area contributed by atoms with E-state index in [4.69, 9.17) is 10.5 Å². The van der Waals surface area contributed by atoms with Gasteiger partial charge in [0.05, 0.1) is 12.7 Å². The van der Waals surface area contributed by atoms with Gasteiger partial charge in [-0.15, -0.1) is 0 Å². The van der Waals surface area contributed by atoms with Crippen LogP contribution in [0.4, 0.5) is 5.69 Å². The van der Waals surface area contributed by atoms with Crippen molar-refractivity contribution in [2.45, 2.75) is 52.0 Å². The molecule has 4 nitrogen and oxygen atoms in total. The van der Waals surface area contributed by atoms with Crippen molar-refractivity contribution < 1.29 is 9.53 Å². The Bertz CT molecular complexity index is 432. The molecular weight excluding hydrogens is 252 g/mol. The molecule has 1 amide bonds. The summed E-state index contributed by atoms with van der Waals surface area (Å²) in [4.78, 5) is 12.3. The van der Waals surface area contributed by atoms with Gasteiger partial charge in [0, 0.05) is 11.7 Å². The summed E-state index contributed by atoms with van der Waals surface area (Å²) < 4.78 is 5.14. The Labute approximate surface area is 121 Å². The van der Waals surface area contributed by atoms with Crippen LogP contribution >= 0.6 is 0 Å². The van der Waals surface area contributed by atoms with Crippen LogP contribution in [0.25, 0.3) is 0 Å². The van der Waals surface area contributed by atoms with Crippen molar-refractivity contribution in [3.8, 4) is 5.75 Å². The predicted octanol–water partition coefficient (Wildman–Crippen LogP) is 3.37. The molecule has 0 spiro atoms. The minimum atomic E-state index is -0.115. The number of ether oxygens (including phenoxy) is 1. The lowest BCUT2D eigenvalue weighted by molar-refractivity contribution is 0.0932. The van der Waals surface area contributed by atoms with Crippen LogP contribution in [0, 0.1) is 0 Å². The van der Waals surface area contributed by atoms with Crippen LogP contribution in [0.1, 0.15) is 56.3 Å². The third kappa shape index (κ3) is 4.76. The molecule has 112 valence electrons. The molecule has 0 aliphatic heterocycles. The summed E-state index contributed by atoms with van der Waals surface area (Å²) in [5, 5.41) is 3.09. The average Bonchev–Trinajstić information content (AvgIpc) is 2.45. The van der Waals surface area contributed by atoms with E-state index < -0.39 is 0 Å². The van der Waals surface area contributed by atoms with Crippen molar-refractivity contribution in [1.82, 2.24) is 5.32 Å². The maximum atomic E-state index is 12.3. The first-order chi connectivity index (χ1) is 9.62. The minimum Gasteiger partial charge on any atom is -0.497 e. The van der Waals surface area contributed by atoms with Gasteiger partial charge in [-0.2, -0.15) is 0 Å². The Morgan fingerprint density at radius 2 is 2.05 bits per heavy atom. The van der Waals surface area contributed by atoms with E-state index in [1.165, 1.54) is 0 Å². The summed E-state index contributed by atoms with van der Waals surface area (Å²) in [6.45, 7) is 4.29. The van der Waals surface area contributed by atoms with Crippen LogP contribution in [-0.4, -0.2) is 19.1 Å². The normalized spacial score (nSPS) is 11.9. The molecule has 0 aliphatic carbocycles. The SMILES string of the molecule is CCCCC(CCC)NC(=O)c1cc(OC)ccc1N. The first-order valence-corrected chi connectivity index (χ1v) is 7.36. The molecule has 20 heavy (non-hydrogen) atoms. The topological polar surface area (TPSA) is 64.3 Å². The van der Waals surface area contributed by atoms with Gasteiger partial charge in [-0.3, -0.25) is 4.79 Å². The number of benzene rings is 1. The van der Waals surface area contributed by atoms with Gasteiger partial charge in [-0.25, -0.2) is 0 Å². The van der Waals surface area contributed by atoms with E-state index in [2.05, 4.69) is 19.2 Å². The Hall–Kier alpha value is -1.71. The molecule has 0 aromatic heterocycles. The predicted molar refractivity (Wildman–Crippen MR) is 83.1 cm³/mol. The molecule has 0 saturated carbocycles. The molecule has 0 aliphatic rings. The number of carbonyl (C=O) groups excluding carboxylic acids is 1. The molecular formula is C16H26N2O2. The van der Waals surface area contributed by atoms with Crippen molar-refractivity contribution in [2.75, 3.05) is 12.8 Å². The number of amides is 1. The van der Waals surface area contributed by atoms with E-state index in [1.54, 1.807) is 25.3 Å². The Morgan fingerprint density at radius 1 is 1.30 bits per heavy atom. The largest absolute Gasteiger partial charge is 0.497 e. The number of anilines is 1. The Morgan fingerprint density at radius 3 is 2.65 bits per heavy atom. The lowest BCUT2D eigenvalue weighted by Gasteiger charge is -2.18. The van der Waals surface area contributed by atoms with Crippen molar-refractivity contribution >= 4 is 11.6 Å². The zero-order valence-electron chi connectivity index (χ0n) is 12.7. The second-order valence-corrected chi connectivity index (χ2v) is 5.05. The fourth-order valence-corrected chi connectivity index (χ4v) is 2.21. The van der Waals surface area contributed by atoms with Crippen LogP contribution in [0.3, 0.4) is 0 Å². The fraction of sp³-hybridized carbons (Fsp3) is 0.562. The molecule has 1 unspecified atom stereocenters. The van der Waals surface area contributed by atoms with E-state index in [0.29, 0.717) is 17.0 Å². The summed E-state index contributed by atoms with van der Waals surface area (Å²) >= 11 is 0. The minimum absolute atomic E-state index is 0.115. The highest BCUT2D eigenvalue weighted by Crippen LogP contribution is 2.20. The second-order valence-electron chi connectivity index (χ2n) is 5.05. The monoisotopic (exact) mass is 278 g/mol. The number of nitrogen functional groups attached to an aromatic ring is 1. The highest BCUT2D eigenvalue weighted by Gasteiger charge is 2.15. The summed E-state index contributed by atoms with van der Waals surface area (Å²) in [5.74, 6) is 0.529. The molecule has 0 saturated heterocycles. The van der Waals surface area contributed by atoms with Gasteiger partial charge < -0.3 is 15.8 Å². The molecule has 0 radical (unpaired) electrons. The van der Waals surface area contributed by atoms with E-state index in [1.807, 2.05) is 0 Å². The van der Waals surface area contributed by atoms with E-state index in [0.717, 1.165) is 32.1 Å². The van der Waals surface area contributed by atoms with Gasteiger partial charge >= 0.3 is 0 Å². The first kappa shape index (κ1) is 16.3. The van der Waals surface area contributed by atoms with Gasteiger partial charge in [0.25, 0.3) is 5.91 Å². The molecule has 1 aromatic rings. The van der Waals surface area contributed by atoms with Crippen molar-refractivity contribution in [1.29, 1.82) is 0 Å². The lowest BCUT2D eigenvalue weighted by atomic mass is 10.0. The molecule has 0 heterocycles. The molecule has 0 bridgehead atoms. The van der Waals surface area contributed by atoms with E-state index in [-0.39, 0.29) is 11.9 Å². The van der Waals surface area contributed by atoms with Crippen LogP contribution < -0.4 is 15.8 Å². The van der Waals surface area contributed by atoms with Crippen LogP contribution in [0.2, 0.25) is 0 Å². The number of carbonyl (C=O) groups is 1. The maximum absolute atomic E-state index is 12.3. The highest BCUT2D eigenvalue weighted by atomic mass is 16.5. The smallest absolute Gasteiger partial charge is 0.253 e. The molecule has 1 aromatic carbocycles. The number of hydrogen-bond acceptors (Lipinski definition) is 3. The third-order valence-electron chi connectivity index (χ3n) is 3.38. The summed E-state index contributed by atoms with van der Waals surface area (Å²) in [6.07, 6.45) is 5.33. The van der Waals surface area contributed by atoms with Crippen LogP contribution in [0.5, 0.6) is 5.75 Å². The number of nitrogens with two attached hydrogens (primary N) is 1. The van der Waals surface area contributed by atoms with Gasteiger partial charge in [-0.05, 0) is 31.0 Å². The Kier molecular flexibility index (Phi) is 6.91. The number of methoxy groups -OCH3 is 1. The summed E-state index contributed by atoms with van der Waals surface area (Å²) in [6, 6.07) is 5.37. The maximum Gasteiger partial charge on any atom is 0.253 e. The molecule has 0 fully saturated rings. The number of unbranched alkanes of at least 4 members (excludes halogenated alkanes) is 1. The highest BCUT2D eigenvalue weighted by molar-refractivity contribution is 5.99. The van der Waals surface area contributed by atoms with Gasteiger partial charge in [0.1, 0.15) is 5.75 Å². The summed E-state index contributed by atoms with van der Waals surface area (Å²) in [5.41, 5.74) is 6.85. The summed E-state index contributed by atoms with van der Waals surface area (Å²) in [7, 11) is 1.58. The van der Waals surface area contributed by atoms with Crippen LogP contribution in [0.15, 0.2) is 18.2 Å². The third-order valence-corrected chi connectivity index (χ3v) is 3.38. The fourth-order valence-electron chi connectivity index (χ4n) is 2.21. The molecule has 1 rings (SSSR count). The molecule has 3 N–H and O–H groups in total. The van der Waals surface area contributed by atoms with Gasteiger partial charge in [-0.1, -0.05) is 33.1 Å². The zero-order chi connectivity index (χ0) is 15.0. The zero-order valence-corrected chi connectivity index (χ0v) is 12.7. The van der Waals surface area contributed by atoms with Crippen LogP contribution in [-0.2, 0) is 0 Å². The van der Waals surface area contributed by atoms with Crippen molar-refractivity contribution in [3.05, 3.63) is 23.8 Å². The van der Waals surface area contributed by atoms with Crippen molar-refractivity contribution in [3.63, 3.8) is 0 Å². The second kappa shape index (κ2) is 8.46. The molecule has 1 atom stereocenters. The number of nitrogens with one attached hydrogen (secondary N) is 1. The average molecular weight is 278 g/mol.